The Morgan fingerprint density at radius 3 is 2.52 bits per heavy atom. The second-order valence-electron chi connectivity index (χ2n) is 5.86. The number of esters is 1. The minimum Gasteiger partial charge on any atom is -0.469 e. The van der Waals surface area contributed by atoms with Gasteiger partial charge in [-0.15, -0.1) is 0 Å². The van der Waals surface area contributed by atoms with Gasteiger partial charge in [0.1, 0.15) is 0 Å². The van der Waals surface area contributed by atoms with Crippen LogP contribution in [0.3, 0.4) is 0 Å². The van der Waals surface area contributed by atoms with Crippen LogP contribution in [0, 0.1) is 0 Å². The minimum atomic E-state index is -0.235. The molecule has 1 rings (SSSR count). The van der Waals surface area contributed by atoms with E-state index in [1.54, 1.807) is 7.11 Å². The smallest absolute Gasteiger partial charge is 0.306 e. The van der Waals surface area contributed by atoms with Crippen LogP contribution in [0.4, 0.5) is 0 Å². The zero-order valence-corrected chi connectivity index (χ0v) is 13.5. The third-order valence-corrected chi connectivity index (χ3v) is 2.95. The van der Waals surface area contributed by atoms with Crippen LogP contribution < -0.4 is 0 Å². The molecule has 0 aromatic carbocycles. The third-order valence-electron chi connectivity index (χ3n) is 2.95. The second kappa shape index (κ2) is 8.09. The van der Waals surface area contributed by atoms with E-state index in [0.717, 1.165) is 0 Å². The topological polar surface area (TPSA) is 77.7 Å². The van der Waals surface area contributed by atoms with Crippen LogP contribution >= 0.6 is 0 Å². The quantitative estimate of drug-likeness (QED) is 0.671. The maximum atomic E-state index is 11.2. The van der Waals surface area contributed by atoms with Gasteiger partial charge in [-0.1, -0.05) is 25.9 Å². The van der Waals surface area contributed by atoms with E-state index in [4.69, 9.17) is 9.26 Å². The van der Waals surface area contributed by atoms with Gasteiger partial charge in [-0.05, 0) is 0 Å². The highest BCUT2D eigenvalue weighted by atomic mass is 16.5. The van der Waals surface area contributed by atoms with E-state index in [-0.39, 0.29) is 11.4 Å². The zero-order valence-electron chi connectivity index (χ0n) is 13.5. The van der Waals surface area contributed by atoms with Crippen molar-refractivity contribution in [2.75, 3.05) is 33.9 Å². The first-order valence-electron chi connectivity index (χ1n) is 6.98. The number of hydrogen-bond donors (Lipinski definition) is 0. The van der Waals surface area contributed by atoms with Gasteiger partial charge < -0.3 is 14.0 Å². The maximum Gasteiger partial charge on any atom is 0.306 e. The Morgan fingerprint density at radius 1 is 1.29 bits per heavy atom. The average Bonchev–Trinajstić information content (AvgIpc) is 2.89. The molecule has 1 heterocycles. The lowest BCUT2D eigenvalue weighted by atomic mass is 9.97. The van der Waals surface area contributed by atoms with Crippen LogP contribution in [-0.4, -0.2) is 54.9 Å². The fourth-order valence-electron chi connectivity index (χ4n) is 1.66. The first-order chi connectivity index (χ1) is 9.86. The standard InChI is InChI=1S/C14H25N3O4/c1-14(2,3)13-15-11(16-21-13)10-17(8-9-19-4)7-6-12(18)20-5/h6-10H2,1-5H3. The van der Waals surface area contributed by atoms with E-state index < -0.39 is 0 Å². The van der Waals surface area contributed by atoms with Crippen molar-refractivity contribution in [3.8, 4) is 0 Å². The fraction of sp³-hybridized carbons (Fsp3) is 0.786. The van der Waals surface area contributed by atoms with Crippen molar-refractivity contribution in [2.24, 2.45) is 0 Å². The Hall–Kier alpha value is -1.47. The van der Waals surface area contributed by atoms with Gasteiger partial charge in [0, 0.05) is 25.6 Å². The Labute approximate surface area is 125 Å². The monoisotopic (exact) mass is 299 g/mol. The Morgan fingerprint density at radius 2 is 2.00 bits per heavy atom. The van der Waals surface area contributed by atoms with Crippen LogP contribution in [0.1, 0.15) is 38.9 Å². The molecule has 0 bridgehead atoms. The summed E-state index contributed by atoms with van der Waals surface area (Å²) in [5.74, 6) is 0.985. The van der Waals surface area contributed by atoms with Gasteiger partial charge in [0.25, 0.3) is 0 Å². The summed E-state index contributed by atoms with van der Waals surface area (Å²) in [7, 11) is 3.03. The molecular weight excluding hydrogens is 274 g/mol. The van der Waals surface area contributed by atoms with Crippen molar-refractivity contribution < 1.29 is 18.8 Å². The molecule has 0 unspecified atom stereocenters. The first-order valence-corrected chi connectivity index (χ1v) is 6.98. The molecule has 0 atom stereocenters. The van der Waals surface area contributed by atoms with E-state index in [1.165, 1.54) is 7.11 Å². The van der Waals surface area contributed by atoms with E-state index in [2.05, 4.69) is 14.9 Å². The number of carbonyl (C=O) groups is 1. The zero-order chi connectivity index (χ0) is 15.9. The molecule has 0 spiro atoms. The van der Waals surface area contributed by atoms with Crippen molar-refractivity contribution in [1.29, 1.82) is 0 Å². The lowest BCUT2D eigenvalue weighted by Crippen LogP contribution is -2.30. The Kier molecular flexibility index (Phi) is 6.77. The highest BCUT2D eigenvalue weighted by molar-refractivity contribution is 5.69. The van der Waals surface area contributed by atoms with Crippen molar-refractivity contribution in [1.82, 2.24) is 15.0 Å². The summed E-state index contributed by atoms with van der Waals surface area (Å²) in [5, 5.41) is 3.99. The molecule has 0 aliphatic carbocycles. The predicted octanol–water partition coefficient (Wildman–Crippen LogP) is 1.38. The van der Waals surface area contributed by atoms with E-state index in [1.807, 2.05) is 25.7 Å². The number of methoxy groups -OCH3 is 2. The van der Waals surface area contributed by atoms with Crippen LogP contribution in [0.15, 0.2) is 4.52 Å². The molecule has 120 valence electrons. The lowest BCUT2D eigenvalue weighted by Gasteiger charge is -2.19. The summed E-state index contributed by atoms with van der Waals surface area (Å²) >= 11 is 0. The molecule has 0 saturated heterocycles. The Balaban J connectivity index is 2.62. The highest BCUT2D eigenvalue weighted by Crippen LogP contribution is 2.20. The SMILES string of the molecule is COCCN(CCC(=O)OC)Cc1noc(C(C)(C)C)n1. The fourth-order valence-corrected chi connectivity index (χ4v) is 1.66. The van der Waals surface area contributed by atoms with Gasteiger partial charge in [0.2, 0.25) is 5.89 Å². The molecule has 21 heavy (non-hydrogen) atoms. The van der Waals surface area contributed by atoms with Crippen LogP contribution in [0.5, 0.6) is 0 Å². The number of hydrogen-bond acceptors (Lipinski definition) is 7. The molecular formula is C14H25N3O4. The van der Waals surface area contributed by atoms with Gasteiger partial charge in [-0.2, -0.15) is 4.98 Å². The summed E-state index contributed by atoms with van der Waals surface area (Å²) in [4.78, 5) is 17.7. The highest BCUT2D eigenvalue weighted by Gasteiger charge is 2.22. The summed E-state index contributed by atoms with van der Waals surface area (Å²) < 4.78 is 15.0. The second-order valence-corrected chi connectivity index (χ2v) is 5.86. The van der Waals surface area contributed by atoms with Crippen molar-refractivity contribution in [2.45, 2.75) is 39.2 Å². The molecule has 1 aromatic heterocycles. The van der Waals surface area contributed by atoms with Gasteiger partial charge in [-0.25, -0.2) is 0 Å². The molecule has 0 aliphatic rings. The number of aromatic nitrogens is 2. The van der Waals surface area contributed by atoms with Gasteiger partial charge in [0.15, 0.2) is 5.82 Å². The van der Waals surface area contributed by atoms with E-state index in [9.17, 15) is 4.79 Å². The van der Waals surface area contributed by atoms with Crippen LogP contribution in [0.2, 0.25) is 0 Å². The van der Waals surface area contributed by atoms with Gasteiger partial charge in [0.05, 0.1) is 26.7 Å². The van der Waals surface area contributed by atoms with E-state index >= 15 is 0 Å². The van der Waals surface area contributed by atoms with E-state index in [0.29, 0.717) is 44.4 Å². The van der Waals surface area contributed by atoms with Gasteiger partial charge >= 0.3 is 5.97 Å². The predicted molar refractivity (Wildman–Crippen MR) is 76.8 cm³/mol. The number of nitrogens with zero attached hydrogens (tertiary/aromatic N) is 3. The first kappa shape index (κ1) is 17.6. The molecule has 0 radical (unpaired) electrons. The summed E-state index contributed by atoms with van der Waals surface area (Å²) in [6.45, 7) is 8.39. The molecule has 0 N–H and O–H groups in total. The normalized spacial score (nSPS) is 11.9. The molecule has 7 heteroatoms. The minimum absolute atomic E-state index is 0.172. The lowest BCUT2D eigenvalue weighted by molar-refractivity contribution is -0.141. The summed E-state index contributed by atoms with van der Waals surface area (Å²) in [5.41, 5.74) is -0.172. The average molecular weight is 299 g/mol. The van der Waals surface area contributed by atoms with Crippen LogP contribution in [0.25, 0.3) is 0 Å². The molecule has 0 amide bonds. The molecule has 1 aromatic rings. The molecule has 0 saturated carbocycles. The molecule has 0 fully saturated rings. The van der Waals surface area contributed by atoms with Crippen molar-refractivity contribution in [3.63, 3.8) is 0 Å². The number of ether oxygens (including phenoxy) is 2. The maximum absolute atomic E-state index is 11.2. The number of carbonyl (C=O) groups excluding carboxylic acids is 1. The summed E-state index contributed by atoms with van der Waals surface area (Å²) in [6, 6.07) is 0. The molecule has 0 aliphatic heterocycles. The molecule has 7 nitrogen and oxygen atoms in total. The van der Waals surface area contributed by atoms with Crippen molar-refractivity contribution >= 4 is 5.97 Å². The largest absolute Gasteiger partial charge is 0.469 e. The number of rotatable bonds is 8. The summed E-state index contributed by atoms with van der Waals surface area (Å²) in [6.07, 6.45) is 0.324. The van der Waals surface area contributed by atoms with Crippen LogP contribution in [-0.2, 0) is 26.2 Å². The third kappa shape index (κ3) is 6.22. The Bertz CT molecular complexity index is 440. The van der Waals surface area contributed by atoms with Gasteiger partial charge in [-0.3, -0.25) is 9.69 Å². The van der Waals surface area contributed by atoms with Crippen molar-refractivity contribution in [3.05, 3.63) is 11.7 Å².